The van der Waals surface area contributed by atoms with Gasteiger partial charge in [0.15, 0.2) is 0 Å². The van der Waals surface area contributed by atoms with E-state index in [4.69, 9.17) is 0 Å². The third-order valence-electron chi connectivity index (χ3n) is 5.22. The SMILES string of the molecule is CCCCCCC[C@H](CC)c1ccccc1C(CC)n1ccnc1. The zero-order valence-corrected chi connectivity index (χ0v) is 15.7. The molecule has 0 fully saturated rings. The summed E-state index contributed by atoms with van der Waals surface area (Å²) in [6.45, 7) is 6.89. The highest BCUT2D eigenvalue weighted by Gasteiger charge is 2.19. The molecule has 0 N–H and O–H groups in total. The Labute approximate surface area is 148 Å². The van der Waals surface area contributed by atoms with Crippen LogP contribution in [0.4, 0.5) is 0 Å². The maximum atomic E-state index is 4.25. The van der Waals surface area contributed by atoms with Crippen molar-refractivity contribution >= 4 is 0 Å². The third kappa shape index (κ3) is 4.96. The molecule has 1 unspecified atom stereocenters. The van der Waals surface area contributed by atoms with Crippen LogP contribution in [0.2, 0.25) is 0 Å². The van der Waals surface area contributed by atoms with E-state index in [9.17, 15) is 0 Å². The summed E-state index contributed by atoms with van der Waals surface area (Å²) in [5.74, 6) is 0.681. The van der Waals surface area contributed by atoms with E-state index >= 15 is 0 Å². The topological polar surface area (TPSA) is 17.8 Å². The monoisotopic (exact) mass is 326 g/mol. The molecular formula is C22H34N2. The largest absolute Gasteiger partial charge is 0.330 e. The smallest absolute Gasteiger partial charge is 0.0951 e. The van der Waals surface area contributed by atoms with Gasteiger partial charge in [0, 0.05) is 12.4 Å². The Kier molecular flexibility index (Phi) is 8.07. The molecule has 24 heavy (non-hydrogen) atoms. The molecule has 2 heteroatoms. The fourth-order valence-corrected chi connectivity index (χ4v) is 3.81. The van der Waals surface area contributed by atoms with Crippen LogP contribution >= 0.6 is 0 Å². The summed E-state index contributed by atoms with van der Waals surface area (Å²) < 4.78 is 2.26. The van der Waals surface area contributed by atoms with E-state index in [1.54, 1.807) is 5.56 Å². The van der Waals surface area contributed by atoms with Crippen LogP contribution in [0.3, 0.4) is 0 Å². The quantitative estimate of drug-likeness (QED) is 0.418. The minimum Gasteiger partial charge on any atom is -0.330 e. The number of benzene rings is 1. The second-order valence-electron chi connectivity index (χ2n) is 6.87. The first-order valence-corrected chi connectivity index (χ1v) is 9.88. The van der Waals surface area contributed by atoms with Crippen LogP contribution in [-0.4, -0.2) is 9.55 Å². The van der Waals surface area contributed by atoms with Crippen LogP contribution in [0.15, 0.2) is 43.0 Å². The van der Waals surface area contributed by atoms with Crippen molar-refractivity contribution in [2.75, 3.05) is 0 Å². The van der Waals surface area contributed by atoms with E-state index in [0.29, 0.717) is 12.0 Å². The molecular weight excluding hydrogens is 292 g/mol. The highest BCUT2D eigenvalue weighted by Crippen LogP contribution is 2.34. The number of aromatic nitrogens is 2. The molecule has 0 amide bonds. The molecule has 2 atom stereocenters. The second kappa shape index (κ2) is 10.3. The Morgan fingerprint density at radius 3 is 2.29 bits per heavy atom. The zero-order valence-electron chi connectivity index (χ0n) is 15.7. The second-order valence-corrected chi connectivity index (χ2v) is 6.87. The summed E-state index contributed by atoms with van der Waals surface area (Å²) in [6.07, 6.45) is 16.4. The van der Waals surface area contributed by atoms with Gasteiger partial charge in [-0.25, -0.2) is 4.98 Å². The standard InChI is InChI=1S/C22H34N2/c1-4-7-8-9-10-13-19(5-2)20-14-11-12-15-21(20)22(6-3)24-17-16-23-18-24/h11-12,14-19,22H,4-10,13H2,1-3H3/t19-,22?/m0/s1. The first-order valence-electron chi connectivity index (χ1n) is 9.88. The van der Waals surface area contributed by atoms with Gasteiger partial charge in [-0.2, -0.15) is 0 Å². The Hall–Kier alpha value is -1.57. The summed E-state index contributed by atoms with van der Waals surface area (Å²) >= 11 is 0. The molecule has 2 aromatic rings. The van der Waals surface area contributed by atoms with Gasteiger partial charge in [0.2, 0.25) is 0 Å². The van der Waals surface area contributed by atoms with E-state index in [1.165, 1.54) is 50.5 Å². The first-order chi connectivity index (χ1) is 11.8. The molecule has 2 rings (SSSR count). The molecule has 2 nitrogen and oxygen atoms in total. The van der Waals surface area contributed by atoms with Gasteiger partial charge in [-0.1, -0.05) is 77.1 Å². The van der Waals surface area contributed by atoms with Gasteiger partial charge in [-0.15, -0.1) is 0 Å². The third-order valence-corrected chi connectivity index (χ3v) is 5.22. The van der Waals surface area contributed by atoms with Gasteiger partial charge in [-0.3, -0.25) is 0 Å². The average molecular weight is 327 g/mol. The van der Waals surface area contributed by atoms with Gasteiger partial charge >= 0.3 is 0 Å². The molecule has 0 saturated heterocycles. The number of hydrogen-bond acceptors (Lipinski definition) is 1. The molecule has 132 valence electrons. The van der Waals surface area contributed by atoms with Crippen LogP contribution in [-0.2, 0) is 0 Å². The highest BCUT2D eigenvalue weighted by atomic mass is 15.0. The van der Waals surface area contributed by atoms with Crippen LogP contribution in [0, 0.1) is 0 Å². The average Bonchev–Trinajstić information content (AvgIpc) is 3.14. The van der Waals surface area contributed by atoms with E-state index in [0.717, 1.165) is 6.42 Å². The molecule has 1 aromatic heterocycles. The Morgan fingerprint density at radius 1 is 0.917 bits per heavy atom. The minimum absolute atomic E-state index is 0.401. The van der Waals surface area contributed by atoms with Crippen molar-refractivity contribution in [2.45, 2.75) is 84.1 Å². The lowest BCUT2D eigenvalue weighted by atomic mass is 9.85. The Balaban J connectivity index is 2.13. The maximum Gasteiger partial charge on any atom is 0.0951 e. The molecule has 0 radical (unpaired) electrons. The Morgan fingerprint density at radius 2 is 1.67 bits per heavy atom. The predicted octanol–water partition coefficient (Wildman–Crippen LogP) is 6.74. The van der Waals surface area contributed by atoms with Crippen molar-refractivity contribution in [3.63, 3.8) is 0 Å². The van der Waals surface area contributed by atoms with E-state index in [1.807, 2.05) is 12.5 Å². The number of hydrogen-bond donors (Lipinski definition) is 0. The Bertz CT molecular complexity index is 559. The van der Waals surface area contributed by atoms with E-state index in [-0.39, 0.29) is 0 Å². The number of nitrogens with zero attached hydrogens (tertiary/aromatic N) is 2. The number of unbranched alkanes of at least 4 members (excludes halogenated alkanes) is 4. The van der Waals surface area contributed by atoms with Crippen molar-refractivity contribution in [1.29, 1.82) is 0 Å². The molecule has 1 heterocycles. The summed E-state index contributed by atoms with van der Waals surface area (Å²) in [6, 6.07) is 9.47. The number of rotatable bonds is 11. The summed E-state index contributed by atoms with van der Waals surface area (Å²) in [5, 5.41) is 0. The van der Waals surface area contributed by atoms with Gasteiger partial charge in [0.05, 0.1) is 12.4 Å². The fourth-order valence-electron chi connectivity index (χ4n) is 3.81. The summed E-state index contributed by atoms with van der Waals surface area (Å²) in [5.41, 5.74) is 3.04. The van der Waals surface area contributed by atoms with Crippen LogP contribution in [0.1, 0.15) is 95.2 Å². The molecule has 0 saturated carbocycles. The van der Waals surface area contributed by atoms with E-state index < -0.39 is 0 Å². The lowest BCUT2D eigenvalue weighted by molar-refractivity contribution is 0.513. The molecule has 0 aliphatic heterocycles. The summed E-state index contributed by atoms with van der Waals surface area (Å²) in [4.78, 5) is 4.25. The first kappa shape index (κ1) is 18.8. The van der Waals surface area contributed by atoms with Crippen LogP contribution in [0.5, 0.6) is 0 Å². The number of imidazole rings is 1. The van der Waals surface area contributed by atoms with Crippen molar-refractivity contribution < 1.29 is 0 Å². The normalized spacial score (nSPS) is 13.8. The molecule has 0 aliphatic carbocycles. The predicted molar refractivity (Wildman–Crippen MR) is 104 cm³/mol. The van der Waals surface area contributed by atoms with Gasteiger partial charge < -0.3 is 4.57 Å². The molecule has 0 spiro atoms. The fraction of sp³-hybridized carbons (Fsp3) is 0.591. The van der Waals surface area contributed by atoms with E-state index in [2.05, 4.69) is 60.8 Å². The van der Waals surface area contributed by atoms with Gasteiger partial charge in [-0.05, 0) is 36.3 Å². The molecule has 1 aromatic carbocycles. The van der Waals surface area contributed by atoms with Crippen molar-refractivity contribution in [3.8, 4) is 0 Å². The van der Waals surface area contributed by atoms with Gasteiger partial charge in [0.1, 0.15) is 0 Å². The van der Waals surface area contributed by atoms with Gasteiger partial charge in [0.25, 0.3) is 0 Å². The zero-order chi connectivity index (χ0) is 17.2. The molecule has 0 bridgehead atoms. The lowest BCUT2D eigenvalue weighted by Gasteiger charge is -2.25. The molecule has 0 aliphatic rings. The van der Waals surface area contributed by atoms with Crippen LogP contribution < -0.4 is 0 Å². The van der Waals surface area contributed by atoms with Crippen molar-refractivity contribution in [2.24, 2.45) is 0 Å². The summed E-state index contributed by atoms with van der Waals surface area (Å²) in [7, 11) is 0. The maximum absolute atomic E-state index is 4.25. The minimum atomic E-state index is 0.401. The van der Waals surface area contributed by atoms with Crippen LogP contribution in [0.25, 0.3) is 0 Å². The van der Waals surface area contributed by atoms with Crippen molar-refractivity contribution in [1.82, 2.24) is 9.55 Å². The van der Waals surface area contributed by atoms with Crippen molar-refractivity contribution in [3.05, 3.63) is 54.1 Å². The highest BCUT2D eigenvalue weighted by molar-refractivity contribution is 5.33. The lowest BCUT2D eigenvalue weighted by Crippen LogP contribution is -2.12.